The lowest BCUT2D eigenvalue weighted by Crippen LogP contribution is -3.00. The molecule has 0 aliphatic heterocycles. The number of hydrogen-bond acceptors (Lipinski definition) is 1. The molecular formula is C6H17Cl2NO2. The van der Waals surface area contributed by atoms with Crippen LogP contribution in [0, 0.1) is 0 Å². The van der Waals surface area contributed by atoms with Crippen molar-refractivity contribution in [2.75, 3.05) is 33.6 Å². The maximum atomic E-state index is 9.05. The molecule has 0 fully saturated rings. The smallest absolute Gasteiger partial charge is 0.116 e. The second kappa shape index (κ2) is 7.13. The molecule has 0 amide bonds. The summed E-state index contributed by atoms with van der Waals surface area (Å²) >= 11 is 5.40. The second-order valence-electron chi connectivity index (χ2n) is 3.28. The Bertz CT molecular complexity index is 85.1. The van der Waals surface area contributed by atoms with Gasteiger partial charge in [0, 0.05) is 0 Å². The van der Waals surface area contributed by atoms with E-state index >= 15 is 0 Å². The molecule has 0 aliphatic rings. The molecule has 0 aromatic heterocycles. The fourth-order valence-electron chi connectivity index (χ4n) is 0.681. The van der Waals surface area contributed by atoms with Crippen LogP contribution in [0.15, 0.2) is 0 Å². The zero-order valence-corrected chi connectivity index (χ0v) is 8.65. The first-order valence-electron chi connectivity index (χ1n) is 3.00. The van der Waals surface area contributed by atoms with E-state index in [0.29, 0.717) is 12.4 Å². The number of alkyl halides is 1. The van der Waals surface area contributed by atoms with Crippen LogP contribution in [0.5, 0.6) is 0 Å². The van der Waals surface area contributed by atoms with Crippen LogP contribution >= 0.6 is 11.6 Å². The van der Waals surface area contributed by atoms with E-state index in [1.165, 1.54) is 0 Å². The summed E-state index contributed by atoms with van der Waals surface area (Å²) in [4.78, 5) is 0. The molecule has 0 spiro atoms. The molecule has 1 atom stereocenters. The maximum absolute atomic E-state index is 9.05. The Hall–Kier alpha value is 0.460. The van der Waals surface area contributed by atoms with Crippen molar-refractivity contribution in [2.45, 2.75) is 6.10 Å². The summed E-state index contributed by atoms with van der Waals surface area (Å²) in [7, 11) is 6.07. The van der Waals surface area contributed by atoms with Crippen LogP contribution in [0.25, 0.3) is 0 Å². The standard InChI is InChI=1S/C6H15ClNO.ClH.H2O/c1-8(2,3)5-6(9)4-7;;/h6,9H,4-5H2,1-3H3;1H;1H2/q+1;;/p-1/t6-;;/m1../s1. The van der Waals surface area contributed by atoms with E-state index < -0.39 is 0 Å². The molecule has 0 radical (unpaired) electrons. The average molecular weight is 206 g/mol. The topological polar surface area (TPSA) is 51.7 Å². The first-order chi connectivity index (χ1) is 3.95. The Morgan fingerprint density at radius 1 is 1.36 bits per heavy atom. The summed E-state index contributed by atoms with van der Waals surface area (Å²) in [6.07, 6.45) is -0.369. The second-order valence-corrected chi connectivity index (χ2v) is 3.59. The molecule has 0 aromatic carbocycles. The molecule has 0 bridgehead atoms. The number of likely N-dealkylation sites (N-methyl/N-ethyl adjacent to an activating group) is 1. The van der Waals surface area contributed by atoms with Gasteiger partial charge >= 0.3 is 0 Å². The summed E-state index contributed by atoms with van der Waals surface area (Å²) in [6, 6.07) is 0. The number of nitrogens with zero attached hydrogens (tertiary/aromatic N) is 1. The molecule has 0 saturated carbocycles. The Balaban J connectivity index is -0.000000320. The van der Waals surface area contributed by atoms with Gasteiger partial charge in [0.05, 0.1) is 27.0 Å². The van der Waals surface area contributed by atoms with Gasteiger partial charge in [0.15, 0.2) is 0 Å². The Labute approximate surface area is 79.3 Å². The van der Waals surface area contributed by atoms with Gasteiger partial charge in [-0.1, -0.05) is 0 Å². The maximum Gasteiger partial charge on any atom is 0.116 e. The number of quaternary nitrogens is 1. The van der Waals surface area contributed by atoms with Crippen LogP contribution in [0.1, 0.15) is 0 Å². The van der Waals surface area contributed by atoms with Crippen molar-refractivity contribution < 1.29 is 27.5 Å². The molecule has 0 unspecified atom stereocenters. The first kappa shape index (κ1) is 17.5. The van der Waals surface area contributed by atoms with Crippen LogP contribution in [0.4, 0.5) is 0 Å². The third kappa shape index (κ3) is 13.5. The van der Waals surface area contributed by atoms with E-state index in [0.717, 1.165) is 4.48 Å². The van der Waals surface area contributed by atoms with Crippen LogP contribution in [-0.4, -0.2) is 54.7 Å². The fourth-order valence-corrected chi connectivity index (χ4v) is 0.779. The van der Waals surface area contributed by atoms with Gasteiger partial charge in [0.1, 0.15) is 12.6 Å². The Morgan fingerprint density at radius 2 is 1.73 bits per heavy atom. The minimum Gasteiger partial charge on any atom is -1.00 e. The molecule has 0 rings (SSSR count). The molecular weight excluding hydrogens is 189 g/mol. The van der Waals surface area contributed by atoms with Gasteiger partial charge in [-0.15, -0.1) is 11.6 Å². The number of hydrogen-bond donors (Lipinski definition) is 1. The molecule has 0 heterocycles. The van der Waals surface area contributed by atoms with Crippen LogP contribution in [-0.2, 0) is 0 Å². The Kier molecular flexibility index (Phi) is 11.4. The third-order valence-electron chi connectivity index (χ3n) is 0.937. The molecule has 3 N–H and O–H groups in total. The van der Waals surface area contributed by atoms with Crippen LogP contribution in [0.2, 0.25) is 0 Å². The molecule has 0 aromatic rings. The monoisotopic (exact) mass is 205 g/mol. The molecule has 11 heavy (non-hydrogen) atoms. The zero-order chi connectivity index (χ0) is 7.49. The van der Waals surface area contributed by atoms with Gasteiger partial charge in [-0.05, 0) is 0 Å². The van der Waals surface area contributed by atoms with Gasteiger partial charge in [-0.25, -0.2) is 0 Å². The van der Waals surface area contributed by atoms with Gasteiger partial charge in [0.25, 0.3) is 0 Å². The molecule has 72 valence electrons. The SMILES string of the molecule is C[N+](C)(C)C[C@H](O)CCl.O.[Cl-]. The van der Waals surface area contributed by atoms with Gasteiger partial charge < -0.3 is 27.5 Å². The van der Waals surface area contributed by atoms with Gasteiger partial charge in [-0.2, -0.15) is 0 Å². The summed E-state index contributed by atoms with van der Waals surface area (Å²) in [6.45, 7) is 0.712. The van der Waals surface area contributed by atoms with Crippen molar-refractivity contribution in [1.29, 1.82) is 0 Å². The van der Waals surface area contributed by atoms with E-state index in [-0.39, 0.29) is 24.0 Å². The lowest BCUT2D eigenvalue weighted by atomic mass is 10.3. The van der Waals surface area contributed by atoms with Crippen molar-refractivity contribution in [3.8, 4) is 0 Å². The number of aliphatic hydroxyl groups is 1. The van der Waals surface area contributed by atoms with Gasteiger partial charge in [0.2, 0.25) is 0 Å². The highest BCUT2D eigenvalue weighted by atomic mass is 35.5. The van der Waals surface area contributed by atoms with Crippen LogP contribution in [0.3, 0.4) is 0 Å². The minimum absolute atomic E-state index is 0. The van der Waals surface area contributed by atoms with E-state index in [1.54, 1.807) is 0 Å². The highest BCUT2D eigenvalue weighted by Gasteiger charge is 2.13. The third-order valence-corrected chi connectivity index (χ3v) is 1.29. The predicted octanol–water partition coefficient (Wildman–Crippen LogP) is -3.53. The largest absolute Gasteiger partial charge is 1.00 e. The summed E-state index contributed by atoms with van der Waals surface area (Å²) < 4.78 is 0.758. The normalized spacial score (nSPS) is 12.8. The highest BCUT2D eigenvalue weighted by Crippen LogP contribution is 1.95. The summed E-state index contributed by atoms with van der Waals surface area (Å²) in [5.41, 5.74) is 0. The predicted molar refractivity (Wildman–Crippen MR) is 43.2 cm³/mol. The molecule has 0 aliphatic carbocycles. The Morgan fingerprint density at radius 3 is 1.82 bits per heavy atom. The lowest BCUT2D eigenvalue weighted by Gasteiger charge is -2.25. The van der Waals surface area contributed by atoms with E-state index in [4.69, 9.17) is 16.7 Å². The quantitative estimate of drug-likeness (QED) is 0.377. The van der Waals surface area contributed by atoms with E-state index in [2.05, 4.69) is 0 Å². The van der Waals surface area contributed by atoms with Crippen molar-refractivity contribution in [2.24, 2.45) is 0 Å². The van der Waals surface area contributed by atoms with E-state index in [1.807, 2.05) is 21.1 Å². The zero-order valence-electron chi connectivity index (χ0n) is 7.14. The number of halogens is 2. The van der Waals surface area contributed by atoms with E-state index in [9.17, 15) is 0 Å². The molecule has 0 saturated heterocycles. The van der Waals surface area contributed by atoms with Crippen molar-refractivity contribution in [3.63, 3.8) is 0 Å². The summed E-state index contributed by atoms with van der Waals surface area (Å²) in [5, 5.41) is 9.05. The number of rotatable bonds is 3. The van der Waals surface area contributed by atoms with Crippen LogP contribution < -0.4 is 12.4 Å². The number of aliphatic hydroxyl groups excluding tert-OH is 1. The minimum atomic E-state index is -0.369. The highest BCUT2D eigenvalue weighted by molar-refractivity contribution is 6.18. The van der Waals surface area contributed by atoms with Crippen molar-refractivity contribution in [3.05, 3.63) is 0 Å². The molecule has 5 heteroatoms. The first-order valence-corrected chi connectivity index (χ1v) is 3.53. The summed E-state index contributed by atoms with van der Waals surface area (Å²) in [5.74, 6) is 0.329. The van der Waals surface area contributed by atoms with Crippen molar-refractivity contribution in [1.82, 2.24) is 0 Å². The van der Waals surface area contributed by atoms with Gasteiger partial charge in [-0.3, -0.25) is 0 Å². The lowest BCUT2D eigenvalue weighted by molar-refractivity contribution is -0.873. The van der Waals surface area contributed by atoms with Crippen molar-refractivity contribution >= 4 is 11.6 Å². The molecule has 3 nitrogen and oxygen atoms in total. The average Bonchev–Trinajstić information content (AvgIpc) is 1.62. The fraction of sp³-hybridized carbons (Fsp3) is 1.00.